The lowest BCUT2D eigenvalue weighted by molar-refractivity contribution is -0.152. The van der Waals surface area contributed by atoms with Gasteiger partial charge in [0.25, 0.3) is 5.84 Å². The fraction of sp³-hybridized carbons (Fsp3) is 0.444. The average Bonchev–Trinajstić information content (AvgIpc) is 2.54. The van der Waals surface area contributed by atoms with Crippen LogP contribution in [0.2, 0.25) is 0 Å². The Hall–Kier alpha value is -2.90. The molecular weight excluding hydrogens is 334 g/mol. The number of hydrogen-bond acceptors (Lipinski definition) is 5. The fourth-order valence-electron chi connectivity index (χ4n) is 1.94. The van der Waals surface area contributed by atoms with Crippen molar-refractivity contribution in [3.8, 4) is 5.75 Å². The molecule has 142 valence electrons. The first-order chi connectivity index (χ1) is 12.1. The van der Waals surface area contributed by atoms with Crippen molar-refractivity contribution in [1.82, 2.24) is 0 Å². The summed E-state index contributed by atoms with van der Waals surface area (Å²) in [4.78, 5) is 15.8. The molecule has 1 rings (SSSR count). The van der Waals surface area contributed by atoms with Crippen molar-refractivity contribution >= 4 is 29.5 Å². The number of benzene rings is 1. The zero-order valence-electron chi connectivity index (χ0n) is 15.8. The lowest BCUT2D eigenvalue weighted by Gasteiger charge is -2.20. The molecule has 26 heavy (non-hydrogen) atoms. The number of amidine groups is 2. The van der Waals surface area contributed by atoms with E-state index in [2.05, 4.69) is 10.3 Å². The van der Waals surface area contributed by atoms with Crippen LogP contribution < -0.4 is 21.2 Å². The molecule has 0 spiro atoms. The Labute approximate surface area is 153 Å². The Bertz CT molecular complexity index is 693. The number of nitrogens with two attached hydrogens (primary N) is 2. The van der Waals surface area contributed by atoms with Gasteiger partial charge in [0.1, 0.15) is 24.5 Å². The third kappa shape index (κ3) is 7.78. The standard InChI is InChI=1S/C18H27N5O3/c1-5-8-22-15(19)11-25-12-6-7-14(13(9-12)17(20)21)23-10-16(24)26-18(2,3)4/h6-9,19,23H,5,10-11H2,1-4H3,(H3,20,21)/p+1. The Morgan fingerprint density at radius 2 is 2.12 bits per heavy atom. The molecule has 0 aliphatic carbocycles. The van der Waals surface area contributed by atoms with Gasteiger partial charge in [-0.05, 0) is 45.4 Å². The van der Waals surface area contributed by atoms with E-state index in [-0.39, 0.29) is 30.8 Å². The molecule has 0 fully saturated rings. The zero-order chi connectivity index (χ0) is 19.7. The van der Waals surface area contributed by atoms with Crippen molar-refractivity contribution in [3.63, 3.8) is 0 Å². The number of nitrogens with zero attached hydrogens (tertiary/aromatic N) is 1. The number of ether oxygens (including phenoxy) is 2. The fourth-order valence-corrected chi connectivity index (χ4v) is 1.94. The minimum absolute atomic E-state index is 0.0197. The van der Waals surface area contributed by atoms with Gasteiger partial charge >= 0.3 is 5.97 Å². The first-order valence-electron chi connectivity index (χ1n) is 8.33. The number of rotatable bonds is 8. The number of carbonyl (C=O) groups excluding carboxylic acids is 1. The van der Waals surface area contributed by atoms with E-state index >= 15 is 0 Å². The molecule has 0 radical (unpaired) electrons. The quantitative estimate of drug-likeness (QED) is 0.307. The van der Waals surface area contributed by atoms with Gasteiger partial charge in [-0.15, -0.1) is 0 Å². The minimum Gasteiger partial charge on any atom is -0.486 e. The van der Waals surface area contributed by atoms with Crippen LogP contribution in [0, 0.1) is 5.41 Å². The second kappa shape index (κ2) is 9.55. The molecule has 8 nitrogen and oxygen atoms in total. The number of hydrogen-bond donors (Lipinski definition) is 4. The minimum atomic E-state index is -0.553. The van der Waals surface area contributed by atoms with Crippen LogP contribution in [0.1, 0.15) is 39.7 Å². The molecule has 0 amide bonds. The molecule has 0 aliphatic heterocycles. The van der Waals surface area contributed by atoms with Gasteiger partial charge in [0.15, 0.2) is 5.84 Å². The van der Waals surface area contributed by atoms with Gasteiger partial charge in [0.05, 0.1) is 11.3 Å². The number of esters is 1. The Morgan fingerprint density at radius 1 is 1.42 bits per heavy atom. The van der Waals surface area contributed by atoms with E-state index in [1.807, 2.05) is 6.92 Å². The first-order valence-corrected chi connectivity index (χ1v) is 8.33. The maximum atomic E-state index is 11.8. The summed E-state index contributed by atoms with van der Waals surface area (Å²) in [5.74, 6) is 0.306. The van der Waals surface area contributed by atoms with Crippen molar-refractivity contribution in [3.05, 3.63) is 23.8 Å². The number of carbonyl (C=O) groups is 1. The van der Waals surface area contributed by atoms with Crippen LogP contribution in [0.5, 0.6) is 5.75 Å². The highest BCUT2D eigenvalue weighted by Gasteiger charge is 2.17. The zero-order valence-corrected chi connectivity index (χ0v) is 15.8. The summed E-state index contributed by atoms with van der Waals surface area (Å²) >= 11 is 0. The Kier molecular flexibility index (Phi) is 7.77. The smallest absolute Gasteiger partial charge is 0.325 e. The lowest BCUT2D eigenvalue weighted by atomic mass is 10.1. The summed E-state index contributed by atoms with van der Waals surface area (Å²) < 4.78 is 10.8. The maximum absolute atomic E-state index is 11.8. The molecule has 0 aliphatic rings. The summed E-state index contributed by atoms with van der Waals surface area (Å²) in [6, 6.07) is 5.04. The monoisotopic (exact) mass is 362 g/mol. The van der Waals surface area contributed by atoms with Crippen LogP contribution in [0.4, 0.5) is 5.69 Å². The SMILES string of the molecule is CCC=NC(=N)COc1ccc(NCC(=O)OC(C)(C)C)c(C(N)=[NH2+])c1. The normalized spacial score (nSPS) is 11.2. The summed E-state index contributed by atoms with van der Waals surface area (Å²) in [5.41, 5.74) is 6.27. The predicted octanol–water partition coefficient (Wildman–Crippen LogP) is 0.741. The summed E-state index contributed by atoms with van der Waals surface area (Å²) in [6.45, 7) is 7.36. The third-order valence-electron chi connectivity index (χ3n) is 2.95. The second-order valence-corrected chi connectivity index (χ2v) is 6.56. The van der Waals surface area contributed by atoms with Gasteiger partial charge in [-0.25, -0.2) is 4.99 Å². The highest BCUT2D eigenvalue weighted by molar-refractivity contribution is 5.99. The van der Waals surface area contributed by atoms with Crippen LogP contribution in [0.25, 0.3) is 0 Å². The highest BCUT2D eigenvalue weighted by atomic mass is 16.6. The van der Waals surface area contributed by atoms with Gasteiger partial charge in [0, 0.05) is 6.21 Å². The predicted molar refractivity (Wildman–Crippen MR) is 103 cm³/mol. The molecule has 0 heterocycles. The van der Waals surface area contributed by atoms with Crippen molar-refractivity contribution in [2.24, 2.45) is 10.7 Å². The number of aliphatic imine (C=N–C) groups is 1. The summed E-state index contributed by atoms with van der Waals surface area (Å²) in [5, 5.41) is 16.4. The van der Waals surface area contributed by atoms with E-state index in [1.165, 1.54) is 0 Å². The van der Waals surface area contributed by atoms with Gasteiger partial charge in [-0.1, -0.05) is 6.92 Å². The summed E-state index contributed by atoms with van der Waals surface area (Å²) in [7, 11) is 0. The highest BCUT2D eigenvalue weighted by Crippen LogP contribution is 2.21. The Morgan fingerprint density at radius 3 is 2.69 bits per heavy atom. The van der Waals surface area contributed by atoms with E-state index in [0.717, 1.165) is 6.42 Å². The van der Waals surface area contributed by atoms with Crippen molar-refractivity contribution < 1.29 is 19.7 Å². The second-order valence-electron chi connectivity index (χ2n) is 6.56. The van der Waals surface area contributed by atoms with Crippen LogP contribution >= 0.6 is 0 Å². The molecule has 0 atom stereocenters. The van der Waals surface area contributed by atoms with Crippen molar-refractivity contribution in [2.75, 3.05) is 18.5 Å². The Balaban J connectivity index is 2.76. The van der Waals surface area contributed by atoms with Crippen molar-refractivity contribution in [1.29, 1.82) is 5.41 Å². The molecule has 8 heteroatoms. The first kappa shape index (κ1) is 21.1. The van der Waals surface area contributed by atoms with E-state index in [9.17, 15) is 4.79 Å². The van der Waals surface area contributed by atoms with Gasteiger partial charge in [0.2, 0.25) is 0 Å². The summed E-state index contributed by atoms with van der Waals surface area (Å²) in [6.07, 6.45) is 2.40. The number of nitrogens with one attached hydrogen (secondary N) is 2. The van der Waals surface area contributed by atoms with Crippen LogP contribution in [-0.2, 0) is 9.53 Å². The average molecular weight is 362 g/mol. The molecule has 0 saturated heterocycles. The van der Waals surface area contributed by atoms with Gasteiger partial charge in [-0.2, -0.15) is 0 Å². The maximum Gasteiger partial charge on any atom is 0.325 e. The lowest BCUT2D eigenvalue weighted by Crippen LogP contribution is -2.46. The number of anilines is 1. The molecule has 0 bridgehead atoms. The van der Waals surface area contributed by atoms with Crippen molar-refractivity contribution in [2.45, 2.75) is 39.7 Å². The van der Waals surface area contributed by atoms with E-state index in [1.54, 1.807) is 45.2 Å². The van der Waals surface area contributed by atoms with E-state index in [0.29, 0.717) is 17.0 Å². The molecule has 0 unspecified atom stereocenters. The van der Waals surface area contributed by atoms with Gasteiger partial charge < -0.3 is 14.8 Å². The molecule has 1 aromatic carbocycles. The van der Waals surface area contributed by atoms with Crippen LogP contribution in [0.15, 0.2) is 23.2 Å². The largest absolute Gasteiger partial charge is 0.486 e. The molecular formula is C18H28N5O3+. The van der Waals surface area contributed by atoms with Crippen LogP contribution in [-0.4, -0.2) is 42.6 Å². The van der Waals surface area contributed by atoms with E-state index < -0.39 is 5.60 Å². The van der Waals surface area contributed by atoms with E-state index in [4.69, 9.17) is 26.0 Å². The molecule has 6 N–H and O–H groups in total. The molecule has 0 saturated carbocycles. The topological polar surface area (TPSA) is 135 Å². The molecule has 0 aromatic heterocycles. The third-order valence-corrected chi connectivity index (χ3v) is 2.95. The van der Waals surface area contributed by atoms with Crippen LogP contribution in [0.3, 0.4) is 0 Å². The molecule has 1 aromatic rings. The van der Waals surface area contributed by atoms with Gasteiger partial charge in [-0.3, -0.25) is 21.3 Å².